The van der Waals surface area contributed by atoms with Gasteiger partial charge in [-0.2, -0.15) is 0 Å². The average molecular weight is 680 g/mol. The van der Waals surface area contributed by atoms with Crippen molar-refractivity contribution < 1.29 is 53.7 Å². The van der Waals surface area contributed by atoms with E-state index in [-0.39, 0.29) is 30.9 Å². The molecule has 5 atom stereocenters. The van der Waals surface area contributed by atoms with Crippen LogP contribution in [0.3, 0.4) is 0 Å². The number of hydrogen-bond acceptors (Lipinski definition) is 10. The smallest absolute Gasteiger partial charge is 0.326 e. The summed E-state index contributed by atoms with van der Waals surface area (Å²) in [5.41, 5.74) is 11.5. The third-order valence-electron chi connectivity index (χ3n) is 7.02. The van der Waals surface area contributed by atoms with Gasteiger partial charge in [-0.1, -0.05) is 39.8 Å². The Morgan fingerprint density at radius 2 is 1.29 bits per heavy atom. The van der Waals surface area contributed by atoms with E-state index in [1.807, 2.05) is 0 Å². The molecule has 0 aliphatic heterocycles. The number of carboxylic acid groups (broad SMARTS) is 2. The van der Waals surface area contributed by atoms with Gasteiger partial charge in [0.15, 0.2) is 0 Å². The highest BCUT2D eigenvalue weighted by molar-refractivity contribution is 5.97. The summed E-state index contributed by atoms with van der Waals surface area (Å²) < 4.78 is 0. The number of hydrogen-bond donors (Lipinski definition) is 10. The molecule has 0 unspecified atom stereocenters. The van der Waals surface area contributed by atoms with Gasteiger partial charge in [0, 0.05) is 12.8 Å². The van der Waals surface area contributed by atoms with Gasteiger partial charge in [-0.3, -0.25) is 33.6 Å². The number of rotatable bonds is 20. The molecule has 0 heterocycles. The first-order chi connectivity index (χ1) is 22.3. The first-order valence-corrected chi connectivity index (χ1v) is 15.1. The number of carbonyl (C=O) groups excluding carboxylic acids is 6. The van der Waals surface area contributed by atoms with Crippen molar-refractivity contribution in [3.8, 4) is 5.75 Å². The number of aromatic hydroxyl groups is 1. The summed E-state index contributed by atoms with van der Waals surface area (Å²) in [5.74, 6) is -9.08. The van der Waals surface area contributed by atoms with Crippen LogP contribution in [-0.4, -0.2) is 99.5 Å². The Morgan fingerprint density at radius 1 is 0.729 bits per heavy atom. The Bertz CT molecular complexity index is 1330. The zero-order valence-corrected chi connectivity index (χ0v) is 27.1. The number of phenols is 1. The monoisotopic (exact) mass is 679 g/mol. The van der Waals surface area contributed by atoms with E-state index >= 15 is 0 Å². The molecule has 0 aromatic heterocycles. The lowest BCUT2D eigenvalue weighted by molar-refractivity contribution is -0.142. The van der Waals surface area contributed by atoms with Crippen molar-refractivity contribution in [1.29, 1.82) is 0 Å². The molecule has 1 aromatic carbocycles. The largest absolute Gasteiger partial charge is 0.508 e. The van der Waals surface area contributed by atoms with Gasteiger partial charge in [0.25, 0.3) is 0 Å². The van der Waals surface area contributed by atoms with Crippen molar-refractivity contribution in [2.45, 2.75) is 83.6 Å². The molecule has 0 aliphatic rings. The SMILES string of the molecule is CC(C)[C@H](N)C(=O)N[C@@H](CC(=O)O)C(=O)N[C@@H](CCC(N)=O)C(=O)N[C@H](C(=O)NCC(=O)N[C@@H](Cc1ccc(O)cc1)C(=O)O)C(C)C. The number of nitrogens with two attached hydrogens (primary N) is 2. The van der Waals surface area contributed by atoms with E-state index in [0.29, 0.717) is 5.56 Å². The Hall–Kier alpha value is -5.26. The number of aliphatic carboxylic acids is 2. The molecule has 48 heavy (non-hydrogen) atoms. The maximum atomic E-state index is 13.3. The van der Waals surface area contributed by atoms with Gasteiger partial charge in [0.2, 0.25) is 35.4 Å². The normalized spacial score (nSPS) is 14.1. The number of benzene rings is 1. The van der Waals surface area contributed by atoms with E-state index in [1.54, 1.807) is 27.7 Å². The van der Waals surface area contributed by atoms with Crippen molar-refractivity contribution in [3.05, 3.63) is 29.8 Å². The number of primary amides is 1. The van der Waals surface area contributed by atoms with Crippen molar-refractivity contribution in [2.75, 3.05) is 6.54 Å². The number of amides is 6. The molecule has 0 aliphatic carbocycles. The first kappa shape index (κ1) is 40.8. The second kappa shape index (κ2) is 19.4. The third kappa shape index (κ3) is 14.4. The van der Waals surface area contributed by atoms with Crippen LogP contribution >= 0.6 is 0 Å². The summed E-state index contributed by atoms with van der Waals surface area (Å²) in [6, 6.07) is -1.18. The molecule has 266 valence electrons. The molecule has 0 spiro atoms. The number of carboxylic acids is 2. The average Bonchev–Trinajstić information content (AvgIpc) is 2.99. The van der Waals surface area contributed by atoms with Crippen LogP contribution in [-0.2, 0) is 44.8 Å². The van der Waals surface area contributed by atoms with Gasteiger partial charge in [0.05, 0.1) is 19.0 Å². The minimum absolute atomic E-state index is 0.0241. The zero-order valence-electron chi connectivity index (χ0n) is 27.1. The van der Waals surface area contributed by atoms with Crippen LogP contribution in [0.1, 0.15) is 52.5 Å². The van der Waals surface area contributed by atoms with Crippen LogP contribution in [0.2, 0.25) is 0 Å². The number of carbonyl (C=O) groups is 8. The molecule has 0 saturated carbocycles. The topological polar surface area (TPSA) is 309 Å². The van der Waals surface area contributed by atoms with E-state index in [9.17, 15) is 53.7 Å². The van der Waals surface area contributed by atoms with E-state index in [1.165, 1.54) is 24.3 Å². The van der Waals surface area contributed by atoms with E-state index in [4.69, 9.17) is 11.5 Å². The van der Waals surface area contributed by atoms with Crippen LogP contribution in [0, 0.1) is 11.8 Å². The zero-order chi connectivity index (χ0) is 36.7. The standard InChI is InChI=1S/C30H45N7O11/c1-14(2)24(32)28(45)36-19(12-23(41)42)27(44)35-18(9-10-21(31)39)26(43)37-25(15(3)4)29(46)33-13-22(40)34-20(30(47)48)11-16-5-7-17(38)8-6-16/h5-8,14-15,18-20,24-25,38H,9-13,32H2,1-4H3,(H2,31,39)(H,33,46)(H,34,40)(H,35,44)(H,36,45)(H,37,43)(H,41,42)(H,47,48)/t18-,19-,20-,24-,25-/m0/s1. The van der Waals surface area contributed by atoms with Crippen LogP contribution in [0.4, 0.5) is 0 Å². The molecular weight excluding hydrogens is 634 g/mol. The van der Waals surface area contributed by atoms with Crippen LogP contribution in [0.5, 0.6) is 5.75 Å². The molecule has 0 fully saturated rings. The molecule has 0 saturated heterocycles. The summed E-state index contributed by atoms with van der Waals surface area (Å²) in [4.78, 5) is 98.9. The molecule has 18 nitrogen and oxygen atoms in total. The minimum atomic E-state index is -1.64. The van der Waals surface area contributed by atoms with Gasteiger partial charge >= 0.3 is 11.9 Å². The van der Waals surface area contributed by atoms with E-state index in [0.717, 1.165) is 0 Å². The number of phenolic OH excluding ortho intramolecular Hbond substituents is 1. The fraction of sp³-hybridized carbons (Fsp3) is 0.533. The first-order valence-electron chi connectivity index (χ1n) is 15.1. The highest BCUT2D eigenvalue weighted by Crippen LogP contribution is 2.12. The second-order valence-electron chi connectivity index (χ2n) is 11.8. The Labute approximate surface area is 276 Å². The minimum Gasteiger partial charge on any atom is -0.508 e. The van der Waals surface area contributed by atoms with E-state index < -0.39 is 96.5 Å². The molecule has 0 bridgehead atoms. The predicted octanol–water partition coefficient (Wildman–Crippen LogP) is -2.55. The maximum Gasteiger partial charge on any atom is 0.326 e. The molecule has 1 rings (SSSR count). The van der Waals surface area contributed by atoms with Crippen LogP contribution in [0.15, 0.2) is 24.3 Å². The summed E-state index contributed by atoms with van der Waals surface area (Å²) in [6.45, 7) is 5.75. The second-order valence-corrected chi connectivity index (χ2v) is 11.8. The highest BCUT2D eigenvalue weighted by Gasteiger charge is 2.33. The quantitative estimate of drug-likeness (QED) is 0.0681. The summed E-state index contributed by atoms with van der Waals surface area (Å²) >= 11 is 0. The van der Waals surface area contributed by atoms with Gasteiger partial charge in [-0.15, -0.1) is 0 Å². The maximum absolute atomic E-state index is 13.3. The van der Waals surface area contributed by atoms with Crippen LogP contribution < -0.4 is 38.1 Å². The Balaban J connectivity index is 3.00. The molecule has 1 aromatic rings. The van der Waals surface area contributed by atoms with Crippen molar-refractivity contribution in [3.63, 3.8) is 0 Å². The Kier molecular flexibility index (Phi) is 16.5. The molecule has 6 amide bonds. The van der Waals surface area contributed by atoms with Crippen molar-refractivity contribution in [1.82, 2.24) is 26.6 Å². The fourth-order valence-electron chi connectivity index (χ4n) is 4.16. The molecule has 0 radical (unpaired) electrons. The fourth-order valence-corrected chi connectivity index (χ4v) is 4.16. The number of nitrogens with one attached hydrogen (secondary N) is 5. The van der Waals surface area contributed by atoms with Crippen molar-refractivity contribution in [2.24, 2.45) is 23.3 Å². The lowest BCUT2D eigenvalue weighted by Crippen LogP contribution is -2.59. The van der Waals surface area contributed by atoms with Gasteiger partial charge in [0.1, 0.15) is 29.9 Å². The lowest BCUT2D eigenvalue weighted by Gasteiger charge is -2.27. The molecule has 12 N–H and O–H groups in total. The van der Waals surface area contributed by atoms with Gasteiger partial charge in [-0.25, -0.2) is 4.79 Å². The highest BCUT2D eigenvalue weighted by atomic mass is 16.4. The van der Waals surface area contributed by atoms with Gasteiger partial charge in [-0.05, 0) is 36.0 Å². The van der Waals surface area contributed by atoms with E-state index in [2.05, 4.69) is 26.6 Å². The summed E-state index contributed by atoms with van der Waals surface area (Å²) in [7, 11) is 0. The third-order valence-corrected chi connectivity index (χ3v) is 7.02. The Morgan fingerprint density at radius 3 is 1.79 bits per heavy atom. The predicted molar refractivity (Wildman–Crippen MR) is 169 cm³/mol. The molecule has 18 heteroatoms. The lowest BCUT2D eigenvalue weighted by atomic mass is 10.0. The van der Waals surface area contributed by atoms with Crippen molar-refractivity contribution >= 4 is 47.4 Å². The molecular formula is C30H45N7O11. The van der Waals surface area contributed by atoms with Crippen LogP contribution in [0.25, 0.3) is 0 Å². The van der Waals surface area contributed by atoms with Gasteiger partial charge < -0.3 is 53.4 Å². The summed E-state index contributed by atoms with van der Waals surface area (Å²) in [5, 5.41) is 39.8. The summed E-state index contributed by atoms with van der Waals surface area (Å²) in [6.07, 6.45) is -1.71.